The molecule has 3 aromatic rings. The summed E-state index contributed by atoms with van der Waals surface area (Å²) in [5.41, 5.74) is 2.25. The molecule has 1 aliphatic carbocycles. The molecule has 2 N–H and O–H groups in total. The zero-order valence-electron chi connectivity index (χ0n) is 20.5. The lowest BCUT2D eigenvalue weighted by Crippen LogP contribution is -2.38. The summed E-state index contributed by atoms with van der Waals surface area (Å²) >= 11 is 0. The lowest BCUT2D eigenvalue weighted by Gasteiger charge is -2.30. The number of carbonyl (C=O) groups is 1. The highest BCUT2D eigenvalue weighted by atomic mass is 16.6. The van der Waals surface area contributed by atoms with E-state index in [0.29, 0.717) is 35.1 Å². The molecule has 2 aromatic carbocycles. The molecule has 1 amide bonds. The van der Waals surface area contributed by atoms with Crippen LogP contribution >= 0.6 is 0 Å². The molecule has 0 radical (unpaired) electrons. The van der Waals surface area contributed by atoms with E-state index in [1.807, 2.05) is 38.2 Å². The van der Waals surface area contributed by atoms with Crippen LogP contribution in [0, 0.1) is 12.3 Å². The minimum absolute atomic E-state index is 0.0326. The van der Waals surface area contributed by atoms with Crippen LogP contribution in [-0.2, 0) is 4.74 Å². The van der Waals surface area contributed by atoms with Crippen molar-refractivity contribution in [3.63, 3.8) is 0 Å². The van der Waals surface area contributed by atoms with E-state index in [9.17, 15) is 9.90 Å². The second-order valence-corrected chi connectivity index (χ2v) is 8.22. The number of carbonyl (C=O) groups excluding carboxylic acids is 1. The fourth-order valence-electron chi connectivity index (χ4n) is 4.00. The van der Waals surface area contributed by atoms with Crippen molar-refractivity contribution >= 4 is 28.5 Å². The van der Waals surface area contributed by atoms with E-state index in [0.717, 1.165) is 24.1 Å². The highest BCUT2D eigenvalue weighted by Crippen LogP contribution is 2.33. The van der Waals surface area contributed by atoms with Crippen molar-refractivity contribution in [1.82, 2.24) is 14.9 Å². The average molecular weight is 477 g/mol. The van der Waals surface area contributed by atoms with E-state index in [1.165, 1.54) is 32.7 Å². The molecule has 0 spiro atoms. The van der Waals surface area contributed by atoms with E-state index in [4.69, 9.17) is 15.9 Å². The zero-order chi connectivity index (χ0) is 25.2. The molecule has 1 fully saturated rings. The van der Waals surface area contributed by atoms with Crippen LogP contribution in [0.15, 0.2) is 42.7 Å². The number of methoxy groups -OCH3 is 1. The number of phenols is 1. The third-order valence-corrected chi connectivity index (χ3v) is 5.91. The molecular weight excluding hydrogens is 444 g/mol. The van der Waals surface area contributed by atoms with E-state index in [2.05, 4.69) is 21.2 Å². The smallest absolute Gasteiger partial charge is 0.409 e. The van der Waals surface area contributed by atoms with Crippen molar-refractivity contribution in [1.29, 1.82) is 0 Å². The second kappa shape index (κ2) is 12.5. The van der Waals surface area contributed by atoms with Gasteiger partial charge in [-0.05, 0) is 44.0 Å². The number of hydrogen-bond acceptors (Lipinski definition) is 7. The lowest BCUT2D eigenvalue weighted by molar-refractivity contribution is 0.0932. The Labute approximate surface area is 206 Å². The molecule has 1 saturated carbocycles. The summed E-state index contributed by atoms with van der Waals surface area (Å²) in [6.45, 7) is 2.31. The predicted octanol–water partition coefficient (Wildman–Crippen LogP) is 5.48. The Morgan fingerprint density at radius 1 is 1.23 bits per heavy atom. The fraction of sp³-hybridized carbons (Fsp3) is 0.370. The van der Waals surface area contributed by atoms with E-state index in [-0.39, 0.29) is 11.8 Å². The quantitative estimate of drug-likeness (QED) is 0.471. The topological polar surface area (TPSA) is 96.8 Å². The van der Waals surface area contributed by atoms with E-state index >= 15 is 0 Å². The van der Waals surface area contributed by atoms with E-state index in [1.54, 1.807) is 17.0 Å². The average Bonchev–Trinajstić information content (AvgIpc) is 2.89. The van der Waals surface area contributed by atoms with Gasteiger partial charge < -0.3 is 24.8 Å². The van der Waals surface area contributed by atoms with Crippen LogP contribution in [0.3, 0.4) is 0 Å². The predicted molar refractivity (Wildman–Crippen MR) is 137 cm³/mol. The number of aromatic hydroxyl groups is 1. The van der Waals surface area contributed by atoms with Crippen LogP contribution in [-0.4, -0.2) is 52.9 Å². The Hall–Kier alpha value is -3.99. The van der Waals surface area contributed by atoms with Gasteiger partial charge in [0.15, 0.2) is 11.5 Å². The molecule has 0 bridgehead atoms. The first kappa shape index (κ1) is 25.6. The highest BCUT2D eigenvalue weighted by molar-refractivity contribution is 5.93. The van der Waals surface area contributed by atoms with Crippen LogP contribution in [0.1, 0.15) is 44.6 Å². The van der Waals surface area contributed by atoms with Gasteiger partial charge in [0.2, 0.25) is 0 Å². The van der Waals surface area contributed by atoms with Gasteiger partial charge >= 0.3 is 6.09 Å². The van der Waals surface area contributed by atoms with Crippen molar-refractivity contribution in [2.24, 2.45) is 0 Å². The number of terminal acetylenes is 1. The maximum Gasteiger partial charge on any atom is 0.409 e. The molecule has 1 aromatic heterocycles. The maximum atomic E-state index is 11.3. The number of aromatic nitrogens is 2. The number of anilines is 2. The zero-order valence-corrected chi connectivity index (χ0v) is 20.5. The molecule has 0 unspecified atom stereocenters. The Bertz CT molecular complexity index is 1190. The van der Waals surface area contributed by atoms with Crippen LogP contribution in [0.5, 0.6) is 11.5 Å². The molecule has 184 valence electrons. The molecule has 1 heterocycles. The third kappa shape index (κ3) is 6.76. The molecule has 0 atom stereocenters. The number of benzene rings is 2. The van der Waals surface area contributed by atoms with Crippen molar-refractivity contribution in [3.05, 3.63) is 48.3 Å². The first-order valence-electron chi connectivity index (χ1n) is 11.7. The standard InChI is InChI=1S/C17H13N3O2.C10H19NO2/c1-3-11-5-4-6-12(7-11)20-17-13-8-15(21)16(22-2)9-14(13)18-10-19-17;1-3-13-10(12)11(2)9-7-5-4-6-8-9/h1,4-10,21H,2H3,(H,18,19,20);9H,3-8H2,1-2H3. The first-order valence-corrected chi connectivity index (χ1v) is 11.7. The summed E-state index contributed by atoms with van der Waals surface area (Å²) in [4.78, 5) is 21.5. The van der Waals surface area contributed by atoms with Gasteiger partial charge in [-0.15, -0.1) is 6.42 Å². The number of nitrogens with zero attached hydrogens (tertiary/aromatic N) is 3. The molecule has 1 aliphatic rings. The highest BCUT2D eigenvalue weighted by Gasteiger charge is 2.22. The Morgan fingerprint density at radius 2 is 2.00 bits per heavy atom. The van der Waals surface area contributed by atoms with Crippen LogP contribution in [0.25, 0.3) is 10.9 Å². The van der Waals surface area contributed by atoms with Gasteiger partial charge in [0.05, 0.1) is 19.2 Å². The van der Waals surface area contributed by atoms with Crippen molar-refractivity contribution in [2.45, 2.75) is 45.1 Å². The Morgan fingerprint density at radius 3 is 2.69 bits per heavy atom. The number of phenolic OH excluding ortho intramolecular Hbond substituents is 1. The molecule has 35 heavy (non-hydrogen) atoms. The van der Waals surface area contributed by atoms with Crippen LogP contribution < -0.4 is 10.1 Å². The Kier molecular flexibility index (Phi) is 9.13. The minimum atomic E-state index is -0.172. The van der Waals surface area contributed by atoms with Gasteiger partial charge in [-0.3, -0.25) is 0 Å². The van der Waals surface area contributed by atoms with Crippen molar-refractivity contribution < 1.29 is 19.4 Å². The second-order valence-electron chi connectivity index (χ2n) is 8.22. The maximum absolute atomic E-state index is 11.3. The van der Waals surface area contributed by atoms with Gasteiger partial charge in [0, 0.05) is 35.8 Å². The number of hydrogen-bond donors (Lipinski definition) is 2. The molecule has 8 nitrogen and oxygen atoms in total. The van der Waals surface area contributed by atoms with Gasteiger partial charge in [-0.1, -0.05) is 31.2 Å². The molecule has 4 rings (SSSR count). The summed E-state index contributed by atoms with van der Waals surface area (Å²) in [7, 11) is 3.33. The number of ether oxygens (including phenoxy) is 2. The molecule has 8 heteroatoms. The monoisotopic (exact) mass is 476 g/mol. The summed E-state index contributed by atoms with van der Waals surface area (Å²) < 4.78 is 10.0. The number of fused-ring (bicyclic) bond motifs is 1. The minimum Gasteiger partial charge on any atom is -0.504 e. The number of rotatable bonds is 5. The number of amides is 1. The van der Waals surface area contributed by atoms with Gasteiger partial charge in [0.25, 0.3) is 0 Å². The summed E-state index contributed by atoms with van der Waals surface area (Å²) in [6.07, 6.45) is 12.8. The van der Waals surface area contributed by atoms with Crippen molar-refractivity contribution in [3.8, 4) is 23.8 Å². The van der Waals surface area contributed by atoms with Gasteiger partial charge in [-0.2, -0.15) is 0 Å². The molecular formula is C27H32N4O4. The molecule has 0 aliphatic heterocycles. The van der Waals surface area contributed by atoms with Crippen LogP contribution in [0.2, 0.25) is 0 Å². The summed E-state index contributed by atoms with van der Waals surface area (Å²) in [6, 6.07) is 11.1. The van der Waals surface area contributed by atoms with E-state index < -0.39 is 0 Å². The first-order chi connectivity index (χ1) is 17.0. The third-order valence-electron chi connectivity index (χ3n) is 5.91. The normalized spacial score (nSPS) is 13.2. The molecule has 0 saturated heterocycles. The van der Waals surface area contributed by atoms with Gasteiger partial charge in [0.1, 0.15) is 12.1 Å². The Balaban J connectivity index is 0.000000225. The lowest BCUT2D eigenvalue weighted by atomic mass is 9.95. The largest absolute Gasteiger partial charge is 0.504 e. The van der Waals surface area contributed by atoms with Crippen molar-refractivity contribution in [2.75, 3.05) is 26.1 Å². The number of nitrogens with one attached hydrogen (secondary N) is 1. The summed E-state index contributed by atoms with van der Waals surface area (Å²) in [5.74, 6) is 3.57. The fourth-order valence-corrected chi connectivity index (χ4v) is 4.00. The van der Waals surface area contributed by atoms with Gasteiger partial charge in [-0.25, -0.2) is 14.8 Å². The SMILES string of the molecule is C#Cc1cccc(Nc2ncnc3cc(OC)c(O)cc23)c1.CCOC(=O)N(C)C1CCCCC1. The summed E-state index contributed by atoms with van der Waals surface area (Å²) in [5, 5.41) is 13.8. The van der Waals surface area contributed by atoms with Crippen LogP contribution in [0.4, 0.5) is 16.3 Å².